The molecule has 4 rings (SSSR count). The largest absolute Gasteiger partial charge is 0.460 e. The first-order valence-corrected chi connectivity index (χ1v) is 8.95. The van der Waals surface area contributed by atoms with Crippen LogP contribution in [0.3, 0.4) is 0 Å². The molecule has 2 aromatic carbocycles. The van der Waals surface area contributed by atoms with Gasteiger partial charge in [0.25, 0.3) is 11.6 Å². The van der Waals surface area contributed by atoms with Crippen molar-refractivity contribution in [1.82, 2.24) is 4.98 Å². The standard InChI is InChI=1S/C22H17N3O4/c1-13-7-9-15(25(27)28)11-19(13)24-22(26)17-12-20(21-10-8-14(2)29-21)23-18-6-4-3-5-16(17)18/h3-12H,1-2H3,(H,24,26). The molecule has 0 atom stereocenters. The first-order chi connectivity index (χ1) is 13.9. The SMILES string of the molecule is Cc1ccc(-c2cc(C(=O)Nc3cc([N+](=O)[O-])ccc3C)c3ccccc3n2)o1. The zero-order valence-corrected chi connectivity index (χ0v) is 15.8. The maximum Gasteiger partial charge on any atom is 0.271 e. The topological polar surface area (TPSA) is 98.3 Å². The van der Waals surface area contributed by atoms with Gasteiger partial charge < -0.3 is 9.73 Å². The van der Waals surface area contributed by atoms with Gasteiger partial charge in [-0.3, -0.25) is 14.9 Å². The number of pyridine rings is 1. The fourth-order valence-electron chi connectivity index (χ4n) is 3.11. The summed E-state index contributed by atoms with van der Waals surface area (Å²) in [5.74, 6) is 0.929. The van der Waals surface area contributed by atoms with Crippen molar-refractivity contribution in [1.29, 1.82) is 0 Å². The fourth-order valence-corrected chi connectivity index (χ4v) is 3.11. The van der Waals surface area contributed by atoms with Crippen LogP contribution < -0.4 is 5.32 Å². The van der Waals surface area contributed by atoms with E-state index in [-0.39, 0.29) is 11.6 Å². The molecule has 0 bridgehead atoms. The van der Waals surface area contributed by atoms with Crippen LogP contribution in [-0.4, -0.2) is 15.8 Å². The Hall–Kier alpha value is -4.00. The first-order valence-electron chi connectivity index (χ1n) is 8.95. The zero-order chi connectivity index (χ0) is 20.5. The Balaban J connectivity index is 1.79. The second kappa shape index (κ2) is 7.20. The number of carbonyl (C=O) groups excluding carboxylic acids is 1. The number of nitro benzene ring substituents is 1. The number of anilines is 1. The van der Waals surface area contributed by atoms with E-state index in [4.69, 9.17) is 4.42 Å². The van der Waals surface area contributed by atoms with Gasteiger partial charge in [-0.05, 0) is 43.7 Å². The molecule has 2 aromatic heterocycles. The number of nitrogens with one attached hydrogen (secondary N) is 1. The van der Waals surface area contributed by atoms with E-state index >= 15 is 0 Å². The number of benzene rings is 2. The monoisotopic (exact) mass is 387 g/mol. The summed E-state index contributed by atoms with van der Waals surface area (Å²) < 4.78 is 5.66. The van der Waals surface area contributed by atoms with Crippen LogP contribution in [0.4, 0.5) is 11.4 Å². The third kappa shape index (κ3) is 3.58. The maximum absolute atomic E-state index is 13.1. The Morgan fingerprint density at radius 3 is 2.59 bits per heavy atom. The average Bonchev–Trinajstić information content (AvgIpc) is 3.15. The maximum atomic E-state index is 13.1. The number of hydrogen-bond acceptors (Lipinski definition) is 5. The number of nitrogens with zero attached hydrogens (tertiary/aromatic N) is 2. The molecule has 0 saturated heterocycles. The van der Waals surface area contributed by atoms with E-state index in [1.54, 1.807) is 25.1 Å². The summed E-state index contributed by atoms with van der Waals surface area (Å²) in [6.07, 6.45) is 0. The summed E-state index contributed by atoms with van der Waals surface area (Å²) in [5, 5.41) is 14.5. The number of carbonyl (C=O) groups is 1. The number of nitro groups is 1. The molecule has 0 aliphatic carbocycles. The van der Waals surface area contributed by atoms with Gasteiger partial charge in [-0.2, -0.15) is 0 Å². The lowest BCUT2D eigenvalue weighted by atomic mass is 10.1. The molecular formula is C22H17N3O4. The van der Waals surface area contributed by atoms with E-state index in [1.807, 2.05) is 37.3 Å². The van der Waals surface area contributed by atoms with Crippen molar-refractivity contribution in [3.05, 3.63) is 87.7 Å². The lowest BCUT2D eigenvalue weighted by Crippen LogP contribution is -2.14. The van der Waals surface area contributed by atoms with Gasteiger partial charge in [0.05, 0.1) is 21.7 Å². The molecule has 2 heterocycles. The van der Waals surface area contributed by atoms with Crippen LogP contribution in [0.1, 0.15) is 21.7 Å². The van der Waals surface area contributed by atoms with Crippen LogP contribution in [0.2, 0.25) is 0 Å². The quantitative estimate of drug-likeness (QED) is 0.380. The highest BCUT2D eigenvalue weighted by atomic mass is 16.6. The highest BCUT2D eigenvalue weighted by Crippen LogP contribution is 2.28. The smallest absolute Gasteiger partial charge is 0.271 e. The minimum Gasteiger partial charge on any atom is -0.460 e. The highest BCUT2D eigenvalue weighted by molar-refractivity contribution is 6.13. The van der Waals surface area contributed by atoms with Gasteiger partial charge in [0.15, 0.2) is 5.76 Å². The molecule has 144 valence electrons. The molecule has 0 fully saturated rings. The van der Waals surface area contributed by atoms with Gasteiger partial charge in [0.1, 0.15) is 11.5 Å². The second-order valence-corrected chi connectivity index (χ2v) is 6.69. The number of non-ortho nitro benzene ring substituents is 1. The van der Waals surface area contributed by atoms with Crippen LogP contribution in [-0.2, 0) is 0 Å². The van der Waals surface area contributed by atoms with Crippen molar-refractivity contribution >= 4 is 28.2 Å². The second-order valence-electron chi connectivity index (χ2n) is 6.69. The number of furan rings is 1. The van der Waals surface area contributed by atoms with Gasteiger partial charge >= 0.3 is 0 Å². The van der Waals surface area contributed by atoms with E-state index in [1.165, 1.54) is 12.1 Å². The van der Waals surface area contributed by atoms with Crippen LogP contribution in [0, 0.1) is 24.0 Å². The molecule has 4 aromatic rings. The summed E-state index contributed by atoms with van der Waals surface area (Å²) in [6.45, 7) is 3.62. The third-order valence-electron chi connectivity index (χ3n) is 4.63. The van der Waals surface area contributed by atoms with Crippen molar-refractivity contribution in [3.63, 3.8) is 0 Å². The van der Waals surface area contributed by atoms with Crippen molar-refractivity contribution in [2.45, 2.75) is 13.8 Å². The molecule has 7 nitrogen and oxygen atoms in total. The van der Waals surface area contributed by atoms with E-state index in [9.17, 15) is 14.9 Å². The van der Waals surface area contributed by atoms with Gasteiger partial charge in [-0.1, -0.05) is 24.3 Å². The predicted molar refractivity (Wildman–Crippen MR) is 110 cm³/mol. The number of rotatable bonds is 4. The number of aromatic nitrogens is 1. The Kier molecular flexibility index (Phi) is 4.56. The van der Waals surface area contributed by atoms with Gasteiger partial charge in [-0.25, -0.2) is 4.98 Å². The lowest BCUT2D eigenvalue weighted by molar-refractivity contribution is -0.384. The Morgan fingerprint density at radius 1 is 1.07 bits per heavy atom. The van der Waals surface area contributed by atoms with Gasteiger partial charge in [0.2, 0.25) is 0 Å². The van der Waals surface area contributed by atoms with E-state index in [0.29, 0.717) is 33.6 Å². The molecule has 7 heteroatoms. The molecule has 0 spiro atoms. The molecule has 1 amide bonds. The van der Waals surface area contributed by atoms with E-state index in [0.717, 1.165) is 11.3 Å². The minimum atomic E-state index is -0.492. The Morgan fingerprint density at radius 2 is 1.86 bits per heavy atom. The molecule has 0 unspecified atom stereocenters. The normalized spacial score (nSPS) is 10.8. The molecule has 1 N–H and O–H groups in total. The van der Waals surface area contributed by atoms with Crippen molar-refractivity contribution in [2.75, 3.05) is 5.32 Å². The van der Waals surface area contributed by atoms with E-state index in [2.05, 4.69) is 10.3 Å². The summed E-state index contributed by atoms with van der Waals surface area (Å²) in [7, 11) is 0. The molecular weight excluding hydrogens is 370 g/mol. The fraction of sp³-hybridized carbons (Fsp3) is 0.0909. The van der Waals surface area contributed by atoms with Gasteiger partial charge in [0, 0.05) is 17.5 Å². The number of hydrogen-bond donors (Lipinski definition) is 1. The minimum absolute atomic E-state index is 0.0859. The van der Waals surface area contributed by atoms with Gasteiger partial charge in [-0.15, -0.1) is 0 Å². The molecule has 0 radical (unpaired) electrons. The van der Waals surface area contributed by atoms with Crippen molar-refractivity contribution < 1.29 is 14.1 Å². The molecule has 0 saturated carbocycles. The number of amides is 1. The third-order valence-corrected chi connectivity index (χ3v) is 4.63. The van der Waals surface area contributed by atoms with Crippen molar-refractivity contribution in [2.24, 2.45) is 0 Å². The average molecular weight is 387 g/mol. The summed E-state index contributed by atoms with van der Waals surface area (Å²) in [5.41, 5.74) is 2.63. The van der Waals surface area contributed by atoms with Crippen LogP contribution in [0.25, 0.3) is 22.4 Å². The lowest BCUT2D eigenvalue weighted by Gasteiger charge is -2.11. The molecule has 29 heavy (non-hydrogen) atoms. The number of fused-ring (bicyclic) bond motifs is 1. The summed E-state index contributed by atoms with van der Waals surface area (Å²) in [6, 6.07) is 17.0. The Labute approximate surface area is 166 Å². The van der Waals surface area contributed by atoms with Crippen LogP contribution in [0.15, 0.2) is 65.1 Å². The van der Waals surface area contributed by atoms with Crippen LogP contribution in [0.5, 0.6) is 0 Å². The molecule has 0 aliphatic rings. The Bertz CT molecular complexity index is 1260. The van der Waals surface area contributed by atoms with E-state index < -0.39 is 4.92 Å². The highest BCUT2D eigenvalue weighted by Gasteiger charge is 2.17. The number of aryl methyl sites for hydroxylation is 2. The van der Waals surface area contributed by atoms with Crippen molar-refractivity contribution in [3.8, 4) is 11.5 Å². The van der Waals surface area contributed by atoms with Crippen LogP contribution >= 0.6 is 0 Å². The number of para-hydroxylation sites is 1. The molecule has 0 aliphatic heterocycles. The predicted octanol–water partition coefficient (Wildman–Crippen LogP) is 5.27. The summed E-state index contributed by atoms with van der Waals surface area (Å²) in [4.78, 5) is 28.3. The zero-order valence-electron chi connectivity index (χ0n) is 15.8. The summed E-state index contributed by atoms with van der Waals surface area (Å²) >= 11 is 0. The first kappa shape index (κ1) is 18.4.